The van der Waals surface area contributed by atoms with Crippen LogP contribution in [0.3, 0.4) is 0 Å². The maximum atomic E-state index is 11.6. The molecule has 0 radical (unpaired) electrons. The van der Waals surface area contributed by atoms with E-state index in [9.17, 15) is 4.79 Å². The Labute approximate surface area is 118 Å². The molecule has 0 aliphatic rings. The van der Waals surface area contributed by atoms with Crippen molar-refractivity contribution in [2.75, 3.05) is 6.54 Å². The number of hydrogen-bond donors (Lipinski definition) is 1. The topological polar surface area (TPSA) is 29.1 Å². The van der Waals surface area contributed by atoms with Crippen molar-refractivity contribution in [1.29, 1.82) is 0 Å². The Balaban J connectivity index is 2.17. The molecule has 1 atom stereocenters. The molecular weight excluding hydrogens is 290 g/mol. The zero-order valence-electron chi connectivity index (χ0n) is 11.2. The fourth-order valence-electron chi connectivity index (χ4n) is 1.83. The van der Waals surface area contributed by atoms with Crippen LogP contribution in [0.1, 0.15) is 37.3 Å². The van der Waals surface area contributed by atoms with Crippen LogP contribution in [0.4, 0.5) is 0 Å². The van der Waals surface area contributed by atoms with Crippen LogP contribution in [0.15, 0.2) is 24.3 Å². The van der Waals surface area contributed by atoms with Crippen molar-refractivity contribution < 1.29 is 4.79 Å². The maximum Gasteiger partial charge on any atom is 0.220 e. The third-order valence-electron chi connectivity index (χ3n) is 2.82. The molecule has 1 N–H and O–H groups in total. The highest BCUT2D eigenvalue weighted by Crippen LogP contribution is 2.07. The lowest BCUT2D eigenvalue weighted by Gasteiger charge is -2.06. The molecule has 1 aromatic carbocycles. The zero-order chi connectivity index (χ0) is 13.4. The average molecular weight is 312 g/mol. The van der Waals surface area contributed by atoms with E-state index in [-0.39, 0.29) is 5.91 Å². The fraction of sp³-hybridized carbons (Fsp3) is 0.533. The van der Waals surface area contributed by atoms with Gasteiger partial charge in [0.05, 0.1) is 0 Å². The molecule has 2 nitrogen and oxygen atoms in total. The number of carbonyl (C=O) groups is 1. The first-order chi connectivity index (χ1) is 8.58. The largest absolute Gasteiger partial charge is 0.356 e. The Bertz CT molecular complexity index is 377. The number of aryl methyl sites for hydroxylation is 2. The SMILES string of the molecule is Cc1cccc(CCC(=O)NCCCC(C)Br)c1. The van der Waals surface area contributed by atoms with Crippen molar-refractivity contribution in [2.24, 2.45) is 0 Å². The summed E-state index contributed by atoms with van der Waals surface area (Å²) in [6, 6.07) is 8.33. The predicted molar refractivity (Wildman–Crippen MR) is 80.1 cm³/mol. The second-order valence-corrected chi connectivity index (χ2v) is 6.33. The lowest BCUT2D eigenvalue weighted by molar-refractivity contribution is -0.121. The molecule has 1 unspecified atom stereocenters. The van der Waals surface area contributed by atoms with E-state index in [1.165, 1.54) is 11.1 Å². The summed E-state index contributed by atoms with van der Waals surface area (Å²) in [5.74, 6) is 0.152. The Hall–Kier alpha value is -0.830. The molecular formula is C15H22BrNO. The molecule has 1 aromatic rings. The average Bonchev–Trinajstić information content (AvgIpc) is 2.32. The Morgan fingerprint density at radius 3 is 2.89 bits per heavy atom. The highest BCUT2D eigenvalue weighted by molar-refractivity contribution is 9.09. The molecule has 0 fully saturated rings. The molecule has 0 saturated heterocycles. The number of halogens is 1. The van der Waals surface area contributed by atoms with Gasteiger partial charge in [0, 0.05) is 17.8 Å². The van der Waals surface area contributed by atoms with E-state index in [2.05, 4.69) is 53.3 Å². The van der Waals surface area contributed by atoms with E-state index in [0.717, 1.165) is 25.8 Å². The summed E-state index contributed by atoms with van der Waals surface area (Å²) in [5.41, 5.74) is 2.48. The Morgan fingerprint density at radius 2 is 2.22 bits per heavy atom. The molecule has 0 aromatic heterocycles. The van der Waals surface area contributed by atoms with Gasteiger partial charge in [-0.05, 0) is 31.7 Å². The Kier molecular flexibility index (Phi) is 7.02. The van der Waals surface area contributed by atoms with Gasteiger partial charge in [-0.1, -0.05) is 52.7 Å². The first kappa shape index (κ1) is 15.2. The van der Waals surface area contributed by atoms with Crippen molar-refractivity contribution in [3.63, 3.8) is 0 Å². The maximum absolute atomic E-state index is 11.6. The molecule has 0 saturated carbocycles. The highest BCUT2D eigenvalue weighted by atomic mass is 79.9. The van der Waals surface area contributed by atoms with Gasteiger partial charge in [-0.3, -0.25) is 4.79 Å². The van der Waals surface area contributed by atoms with Crippen LogP contribution in [0.25, 0.3) is 0 Å². The van der Waals surface area contributed by atoms with Gasteiger partial charge in [-0.15, -0.1) is 0 Å². The lowest BCUT2D eigenvalue weighted by atomic mass is 10.1. The number of hydrogen-bond acceptors (Lipinski definition) is 1. The molecule has 100 valence electrons. The van der Waals surface area contributed by atoms with Crippen LogP contribution >= 0.6 is 15.9 Å². The quantitative estimate of drug-likeness (QED) is 0.605. The molecule has 3 heteroatoms. The number of rotatable bonds is 7. The summed E-state index contributed by atoms with van der Waals surface area (Å²) < 4.78 is 0. The summed E-state index contributed by atoms with van der Waals surface area (Å²) in [5, 5.41) is 2.96. The standard InChI is InChI=1S/C15H22BrNO/c1-12-5-3-7-14(11-12)8-9-15(18)17-10-4-6-13(2)16/h3,5,7,11,13H,4,6,8-10H2,1-2H3,(H,17,18). The minimum Gasteiger partial charge on any atom is -0.356 e. The first-order valence-corrected chi connectivity index (χ1v) is 7.46. The van der Waals surface area contributed by atoms with Gasteiger partial charge in [-0.25, -0.2) is 0 Å². The third-order valence-corrected chi connectivity index (χ3v) is 3.28. The zero-order valence-corrected chi connectivity index (χ0v) is 12.8. The van der Waals surface area contributed by atoms with Crippen molar-refractivity contribution in [3.8, 4) is 0 Å². The molecule has 1 amide bonds. The van der Waals surface area contributed by atoms with Gasteiger partial charge in [0.1, 0.15) is 0 Å². The molecule has 0 heterocycles. The summed E-state index contributed by atoms with van der Waals surface area (Å²) >= 11 is 3.50. The summed E-state index contributed by atoms with van der Waals surface area (Å²) in [7, 11) is 0. The number of alkyl halides is 1. The minimum atomic E-state index is 0.152. The van der Waals surface area contributed by atoms with Gasteiger partial charge in [0.2, 0.25) is 5.91 Å². The van der Waals surface area contributed by atoms with Gasteiger partial charge in [0.15, 0.2) is 0 Å². The van der Waals surface area contributed by atoms with Crippen LogP contribution in [0.5, 0.6) is 0 Å². The summed E-state index contributed by atoms with van der Waals surface area (Å²) in [6.07, 6.45) is 3.52. The van der Waals surface area contributed by atoms with Crippen LogP contribution in [0, 0.1) is 6.92 Å². The van der Waals surface area contributed by atoms with Crippen LogP contribution in [-0.2, 0) is 11.2 Å². The number of benzene rings is 1. The van der Waals surface area contributed by atoms with Crippen LogP contribution < -0.4 is 5.32 Å². The number of carbonyl (C=O) groups excluding carboxylic acids is 1. The number of nitrogens with one attached hydrogen (secondary N) is 1. The second kappa shape index (κ2) is 8.30. The molecule has 18 heavy (non-hydrogen) atoms. The molecule has 0 aliphatic carbocycles. The second-order valence-electron chi connectivity index (χ2n) is 4.76. The molecule has 1 rings (SSSR count). The smallest absolute Gasteiger partial charge is 0.220 e. The van der Waals surface area contributed by atoms with Gasteiger partial charge >= 0.3 is 0 Å². The summed E-state index contributed by atoms with van der Waals surface area (Å²) in [6.45, 7) is 4.98. The first-order valence-electron chi connectivity index (χ1n) is 6.54. The van der Waals surface area contributed by atoms with Gasteiger partial charge in [0.25, 0.3) is 0 Å². The van der Waals surface area contributed by atoms with Crippen molar-refractivity contribution in [3.05, 3.63) is 35.4 Å². The van der Waals surface area contributed by atoms with E-state index in [4.69, 9.17) is 0 Å². The third kappa shape index (κ3) is 6.80. The minimum absolute atomic E-state index is 0.152. The number of amides is 1. The normalized spacial score (nSPS) is 12.2. The lowest BCUT2D eigenvalue weighted by Crippen LogP contribution is -2.24. The fourth-order valence-corrected chi connectivity index (χ4v) is 2.15. The molecule has 0 aliphatic heterocycles. The highest BCUT2D eigenvalue weighted by Gasteiger charge is 2.02. The van der Waals surface area contributed by atoms with E-state index in [1.54, 1.807) is 0 Å². The van der Waals surface area contributed by atoms with Crippen molar-refractivity contribution >= 4 is 21.8 Å². The van der Waals surface area contributed by atoms with Crippen LogP contribution in [-0.4, -0.2) is 17.3 Å². The van der Waals surface area contributed by atoms with Crippen LogP contribution in [0.2, 0.25) is 0 Å². The van der Waals surface area contributed by atoms with Crippen molar-refractivity contribution in [2.45, 2.75) is 44.4 Å². The van der Waals surface area contributed by atoms with E-state index < -0.39 is 0 Å². The van der Waals surface area contributed by atoms with E-state index in [1.807, 2.05) is 6.07 Å². The molecule has 0 spiro atoms. The summed E-state index contributed by atoms with van der Waals surface area (Å²) in [4.78, 5) is 12.2. The van der Waals surface area contributed by atoms with E-state index in [0.29, 0.717) is 11.2 Å². The van der Waals surface area contributed by atoms with Crippen molar-refractivity contribution in [1.82, 2.24) is 5.32 Å². The van der Waals surface area contributed by atoms with Gasteiger partial charge < -0.3 is 5.32 Å². The predicted octanol–water partition coefficient (Wildman–Crippen LogP) is 3.61. The molecule has 0 bridgehead atoms. The van der Waals surface area contributed by atoms with E-state index >= 15 is 0 Å². The Morgan fingerprint density at radius 1 is 1.44 bits per heavy atom. The van der Waals surface area contributed by atoms with Gasteiger partial charge in [-0.2, -0.15) is 0 Å². The monoisotopic (exact) mass is 311 g/mol.